The first kappa shape index (κ1) is 15.0. The van der Waals surface area contributed by atoms with Crippen molar-refractivity contribution in [3.05, 3.63) is 47.3 Å². The van der Waals surface area contributed by atoms with E-state index in [-0.39, 0.29) is 5.91 Å². The molecular weight excluding hydrogens is 264 g/mol. The van der Waals surface area contributed by atoms with E-state index < -0.39 is 0 Å². The van der Waals surface area contributed by atoms with Gasteiger partial charge in [0.05, 0.1) is 5.56 Å². The lowest BCUT2D eigenvalue weighted by Gasteiger charge is -2.08. The van der Waals surface area contributed by atoms with Crippen LogP contribution in [-0.4, -0.2) is 22.4 Å². The monoisotopic (exact) mass is 284 g/mol. The Hall–Kier alpha value is -2.43. The number of amides is 1. The van der Waals surface area contributed by atoms with Crippen molar-refractivity contribution in [3.63, 3.8) is 0 Å². The summed E-state index contributed by atoms with van der Waals surface area (Å²) < 4.78 is 0. The average Bonchev–Trinajstić information content (AvgIpc) is 2.49. The number of anilines is 2. The molecule has 0 fully saturated rings. The molecule has 0 unspecified atom stereocenters. The van der Waals surface area contributed by atoms with Crippen molar-refractivity contribution in [1.29, 1.82) is 0 Å². The third-order valence-electron chi connectivity index (χ3n) is 3.21. The third kappa shape index (κ3) is 4.02. The first-order chi connectivity index (χ1) is 10.1. The lowest BCUT2D eigenvalue weighted by atomic mass is 10.1. The smallest absolute Gasteiger partial charge is 0.254 e. The number of benzene rings is 1. The van der Waals surface area contributed by atoms with E-state index in [0.29, 0.717) is 18.1 Å². The molecule has 2 N–H and O–H groups in total. The van der Waals surface area contributed by atoms with Crippen LogP contribution in [0.2, 0.25) is 0 Å². The summed E-state index contributed by atoms with van der Waals surface area (Å²) >= 11 is 0. The standard InChI is InChI=1S/C16H20N4O/c1-4-7-17-15(21)13-9-18-16(19-10-13)20-14-6-5-11(2)12(3)8-14/h5-6,8-10H,4,7H2,1-3H3,(H,17,21)(H,18,19,20). The zero-order valence-corrected chi connectivity index (χ0v) is 12.6. The van der Waals surface area contributed by atoms with Crippen LogP contribution in [0.3, 0.4) is 0 Å². The molecule has 0 radical (unpaired) electrons. The Balaban J connectivity index is 2.05. The Kier molecular flexibility index (Phi) is 4.87. The minimum atomic E-state index is -0.144. The maximum Gasteiger partial charge on any atom is 0.254 e. The number of carbonyl (C=O) groups is 1. The zero-order valence-electron chi connectivity index (χ0n) is 12.6. The van der Waals surface area contributed by atoms with Gasteiger partial charge in [0.1, 0.15) is 0 Å². The molecule has 1 amide bonds. The van der Waals surface area contributed by atoms with Gasteiger partial charge >= 0.3 is 0 Å². The van der Waals surface area contributed by atoms with Crippen LogP contribution in [0.15, 0.2) is 30.6 Å². The second-order valence-electron chi connectivity index (χ2n) is 4.98. The highest BCUT2D eigenvalue weighted by Gasteiger charge is 2.06. The van der Waals surface area contributed by atoms with Crippen LogP contribution in [-0.2, 0) is 0 Å². The normalized spacial score (nSPS) is 10.2. The topological polar surface area (TPSA) is 66.9 Å². The van der Waals surface area contributed by atoms with Gasteiger partial charge in [-0.15, -0.1) is 0 Å². The van der Waals surface area contributed by atoms with Crippen molar-refractivity contribution >= 4 is 17.5 Å². The first-order valence-corrected chi connectivity index (χ1v) is 7.04. The molecule has 5 heteroatoms. The van der Waals surface area contributed by atoms with Crippen LogP contribution in [0, 0.1) is 13.8 Å². The van der Waals surface area contributed by atoms with Crippen molar-refractivity contribution in [2.75, 3.05) is 11.9 Å². The highest BCUT2D eigenvalue weighted by atomic mass is 16.1. The molecule has 1 heterocycles. The summed E-state index contributed by atoms with van der Waals surface area (Å²) in [6, 6.07) is 6.07. The van der Waals surface area contributed by atoms with E-state index in [1.165, 1.54) is 23.5 Å². The Morgan fingerprint density at radius 1 is 1.14 bits per heavy atom. The summed E-state index contributed by atoms with van der Waals surface area (Å²) in [5.41, 5.74) is 3.84. The molecule has 0 aliphatic rings. The quantitative estimate of drug-likeness (QED) is 0.885. The summed E-state index contributed by atoms with van der Waals surface area (Å²) in [7, 11) is 0. The van der Waals surface area contributed by atoms with Gasteiger partial charge in [-0.3, -0.25) is 4.79 Å². The number of hydrogen-bond acceptors (Lipinski definition) is 4. The number of aromatic nitrogens is 2. The van der Waals surface area contributed by atoms with E-state index in [1.807, 2.05) is 25.1 Å². The SMILES string of the molecule is CCCNC(=O)c1cnc(Nc2ccc(C)c(C)c2)nc1. The predicted molar refractivity (Wildman–Crippen MR) is 83.9 cm³/mol. The van der Waals surface area contributed by atoms with Gasteiger partial charge in [-0.25, -0.2) is 9.97 Å². The second-order valence-corrected chi connectivity index (χ2v) is 4.98. The van der Waals surface area contributed by atoms with Gasteiger partial charge in [-0.05, 0) is 43.5 Å². The molecule has 2 rings (SSSR count). The van der Waals surface area contributed by atoms with Crippen molar-refractivity contribution in [2.24, 2.45) is 0 Å². The number of nitrogens with zero attached hydrogens (tertiary/aromatic N) is 2. The summed E-state index contributed by atoms with van der Waals surface area (Å²) in [5.74, 6) is 0.333. The van der Waals surface area contributed by atoms with Crippen LogP contribution in [0.5, 0.6) is 0 Å². The van der Waals surface area contributed by atoms with Gasteiger partial charge in [-0.1, -0.05) is 13.0 Å². The van der Waals surface area contributed by atoms with Crippen LogP contribution >= 0.6 is 0 Å². The molecule has 0 aliphatic carbocycles. The van der Waals surface area contributed by atoms with Crippen LogP contribution in [0.1, 0.15) is 34.8 Å². The predicted octanol–water partition coefficient (Wildman–Crippen LogP) is 2.98. The Morgan fingerprint density at radius 3 is 2.48 bits per heavy atom. The Bertz CT molecular complexity index is 623. The number of nitrogens with one attached hydrogen (secondary N) is 2. The number of carbonyl (C=O) groups excluding carboxylic acids is 1. The lowest BCUT2D eigenvalue weighted by molar-refractivity contribution is 0.0953. The van der Waals surface area contributed by atoms with Gasteiger partial charge in [-0.2, -0.15) is 0 Å². The van der Waals surface area contributed by atoms with E-state index >= 15 is 0 Å². The average molecular weight is 284 g/mol. The maximum atomic E-state index is 11.7. The molecule has 0 saturated heterocycles. The molecule has 0 bridgehead atoms. The minimum Gasteiger partial charge on any atom is -0.352 e. The third-order valence-corrected chi connectivity index (χ3v) is 3.21. The summed E-state index contributed by atoms with van der Waals surface area (Å²) in [6.45, 7) is 6.79. The molecule has 0 atom stereocenters. The highest BCUT2D eigenvalue weighted by molar-refractivity contribution is 5.93. The Morgan fingerprint density at radius 2 is 1.86 bits per heavy atom. The van der Waals surface area contributed by atoms with E-state index in [9.17, 15) is 4.79 Å². The largest absolute Gasteiger partial charge is 0.352 e. The molecule has 5 nitrogen and oxygen atoms in total. The van der Waals surface area contributed by atoms with Crippen molar-refractivity contribution < 1.29 is 4.79 Å². The minimum absolute atomic E-state index is 0.144. The fourth-order valence-corrected chi connectivity index (χ4v) is 1.80. The lowest BCUT2D eigenvalue weighted by Crippen LogP contribution is -2.24. The molecule has 0 spiro atoms. The summed E-state index contributed by atoms with van der Waals surface area (Å²) in [5, 5.41) is 5.92. The second kappa shape index (κ2) is 6.83. The van der Waals surface area contributed by atoms with Crippen molar-refractivity contribution in [1.82, 2.24) is 15.3 Å². The number of aryl methyl sites for hydroxylation is 2. The molecule has 0 saturated carbocycles. The molecular formula is C16H20N4O. The molecule has 21 heavy (non-hydrogen) atoms. The van der Waals surface area contributed by atoms with Crippen LogP contribution < -0.4 is 10.6 Å². The fraction of sp³-hybridized carbons (Fsp3) is 0.312. The maximum absolute atomic E-state index is 11.7. The molecule has 2 aromatic rings. The first-order valence-electron chi connectivity index (χ1n) is 7.04. The number of rotatable bonds is 5. The Labute approximate surface area is 124 Å². The summed E-state index contributed by atoms with van der Waals surface area (Å²) in [6.07, 6.45) is 3.96. The van der Waals surface area contributed by atoms with Gasteiger partial charge in [0.2, 0.25) is 5.95 Å². The van der Waals surface area contributed by atoms with Crippen molar-refractivity contribution in [2.45, 2.75) is 27.2 Å². The van der Waals surface area contributed by atoms with Gasteiger partial charge < -0.3 is 10.6 Å². The number of hydrogen-bond donors (Lipinski definition) is 2. The zero-order chi connectivity index (χ0) is 15.2. The molecule has 1 aromatic carbocycles. The van der Waals surface area contributed by atoms with Gasteiger partial charge in [0.25, 0.3) is 5.91 Å². The van der Waals surface area contributed by atoms with Crippen LogP contribution in [0.4, 0.5) is 11.6 Å². The molecule has 110 valence electrons. The summed E-state index contributed by atoms with van der Waals surface area (Å²) in [4.78, 5) is 20.1. The van der Waals surface area contributed by atoms with E-state index in [4.69, 9.17) is 0 Å². The van der Waals surface area contributed by atoms with Crippen LogP contribution in [0.25, 0.3) is 0 Å². The van der Waals surface area contributed by atoms with Gasteiger partial charge in [0, 0.05) is 24.6 Å². The van der Waals surface area contributed by atoms with Gasteiger partial charge in [0.15, 0.2) is 0 Å². The molecule has 0 aliphatic heterocycles. The van der Waals surface area contributed by atoms with E-state index in [0.717, 1.165) is 12.1 Å². The van der Waals surface area contributed by atoms with E-state index in [2.05, 4.69) is 34.4 Å². The van der Waals surface area contributed by atoms with Crippen molar-refractivity contribution in [3.8, 4) is 0 Å². The fourth-order valence-electron chi connectivity index (χ4n) is 1.80. The highest BCUT2D eigenvalue weighted by Crippen LogP contribution is 2.17. The molecule has 1 aromatic heterocycles. The van der Waals surface area contributed by atoms with E-state index in [1.54, 1.807) is 0 Å².